The minimum atomic E-state index is -1.34. The highest BCUT2D eigenvalue weighted by Gasteiger charge is 2.48. The topological polar surface area (TPSA) is 671 Å². The second-order valence-electron chi connectivity index (χ2n) is 22.0. The molecule has 0 aliphatic carbocycles. The molecule has 36 heteroatoms. The van der Waals surface area contributed by atoms with Crippen molar-refractivity contribution < 1.29 is 148 Å². The van der Waals surface area contributed by atoms with Gasteiger partial charge in [0.25, 0.3) is 0 Å². The van der Waals surface area contributed by atoms with Crippen molar-refractivity contribution in [3.05, 3.63) is 0 Å². The molecular formula is C48H103N7O29. The summed E-state index contributed by atoms with van der Waals surface area (Å²) in [4.78, 5) is 0. The third kappa shape index (κ3) is 22.5. The smallest absolute Gasteiger partial charge is 0.109 e. The largest absolute Gasteiger partial charge is 0.396 e. The Morgan fingerprint density at radius 1 is 0.274 bits per heavy atom. The minimum Gasteiger partial charge on any atom is -0.396 e. The molecule has 7 heterocycles. The van der Waals surface area contributed by atoms with E-state index in [-0.39, 0.29) is 116 Å². The van der Waals surface area contributed by atoms with E-state index >= 15 is 0 Å². The molecular weight excluding hydrogens is 1140 g/mol. The number of nitrogens with one attached hydrogen (secondary N) is 7. The lowest BCUT2D eigenvalue weighted by Crippen LogP contribution is -2.67. The van der Waals surface area contributed by atoms with Crippen LogP contribution in [0, 0.1) is 11.3 Å². The fourth-order valence-corrected chi connectivity index (χ4v) is 9.90. The maximum atomic E-state index is 9.80. The molecule has 7 fully saturated rings. The van der Waals surface area contributed by atoms with E-state index < -0.39 is 158 Å². The summed E-state index contributed by atoms with van der Waals surface area (Å²) < 4.78 is 0. The van der Waals surface area contributed by atoms with Gasteiger partial charge in [-0.3, -0.25) is 0 Å². The molecule has 0 saturated carbocycles. The molecule has 504 valence electrons. The van der Waals surface area contributed by atoms with Crippen molar-refractivity contribution in [3.63, 3.8) is 0 Å². The van der Waals surface area contributed by atoms with Crippen LogP contribution >= 0.6 is 0 Å². The van der Waals surface area contributed by atoms with Gasteiger partial charge < -0.3 is 185 Å². The van der Waals surface area contributed by atoms with Crippen LogP contribution in [-0.2, 0) is 0 Å². The SMILES string of the molecule is CC1(C)[C@H](O)[C@H](O)C(CO)N[C@@H]1CO.OCC1NCC(O)[C@H](O)[C@@H]1O.OCC1NCC(O)[C@H](O)[C@H]1O.OCC1NCC[C@H](O)[C@H]1O.OCC1N[C@H](CO)C(O)C(O)[C@@H]1O.OCC1N[C@H](CO)C(O)C(O)[C@H]1O.OC[C@@H]1C(O)[C@@H](CO)N[C@@H]1CO. The van der Waals surface area contributed by atoms with Crippen LogP contribution in [0.5, 0.6) is 0 Å². The fourth-order valence-electron chi connectivity index (χ4n) is 9.90. The van der Waals surface area contributed by atoms with E-state index in [4.69, 9.17) is 91.9 Å². The molecule has 7 aliphatic rings. The highest BCUT2D eigenvalue weighted by molar-refractivity contribution is 5.03. The molecule has 13 unspecified atom stereocenters. The number of aliphatic hydroxyl groups is 29. The predicted octanol–water partition coefficient (Wildman–Crippen LogP) is -19.7. The van der Waals surface area contributed by atoms with E-state index in [2.05, 4.69) is 37.2 Å². The van der Waals surface area contributed by atoms with Crippen molar-refractivity contribution in [1.82, 2.24) is 37.2 Å². The van der Waals surface area contributed by atoms with E-state index in [1.165, 1.54) is 0 Å². The Balaban J connectivity index is 0.000000491. The van der Waals surface area contributed by atoms with Crippen LogP contribution in [-0.4, -0.2) is 417 Å². The second kappa shape index (κ2) is 40.3. The van der Waals surface area contributed by atoms with Gasteiger partial charge in [-0.05, 0) is 13.0 Å². The molecule has 84 heavy (non-hydrogen) atoms. The molecule has 0 aromatic rings. The Morgan fingerprint density at radius 2 is 0.571 bits per heavy atom. The number of hydrogen-bond donors (Lipinski definition) is 36. The summed E-state index contributed by atoms with van der Waals surface area (Å²) >= 11 is 0. The van der Waals surface area contributed by atoms with Crippen molar-refractivity contribution >= 4 is 0 Å². The fraction of sp³-hybridized carbons (Fsp3) is 1.00. The van der Waals surface area contributed by atoms with Crippen LogP contribution in [0.25, 0.3) is 0 Å². The summed E-state index contributed by atoms with van der Waals surface area (Å²) in [6.07, 6.45) is -17.6. The van der Waals surface area contributed by atoms with Crippen molar-refractivity contribution in [2.75, 3.05) is 98.9 Å². The van der Waals surface area contributed by atoms with E-state index in [1.807, 2.05) is 0 Å². The first kappa shape index (κ1) is 80.6. The molecule has 0 radical (unpaired) electrons. The molecule has 7 aliphatic heterocycles. The number of β-amino-alcohol motifs (C(OH)–C–C–N with tert-alkyl or cyclic N) is 2. The second-order valence-corrected chi connectivity index (χ2v) is 22.0. The van der Waals surface area contributed by atoms with Gasteiger partial charge in [0.05, 0.1) is 206 Å². The maximum absolute atomic E-state index is 9.80. The maximum Gasteiger partial charge on any atom is 0.109 e. The van der Waals surface area contributed by atoms with Gasteiger partial charge in [-0.25, -0.2) is 0 Å². The quantitative estimate of drug-likeness (QED) is 0.0863. The Bertz CT molecular complexity index is 1580. The number of piperidine rings is 6. The summed E-state index contributed by atoms with van der Waals surface area (Å²) in [7, 11) is 0. The lowest BCUT2D eigenvalue weighted by Gasteiger charge is -2.48. The van der Waals surface area contributed by atoms with E-state index in [0.717, 1.165) is 0 Å². The molecule has 0 spiro atoms. The van der Waals surface area contributed by atoms with Gasteiger partial charge in [-0.15, -0.1) is 0 Å². The molecule has 0 amide bonds. The van der Waals surface area contributed by atoms with E-state index in [0.29, 0.717) is 13.0 Å². The highest BCUT2D eigenvalue weighted by Crippen LogP contribution is 2.33. The zero-order chi connectivity index (χ0) is 64.5. The van der Waals surface area contributed by atoms with Crippen LogP contribution in [0.4, 0.5) is 0 Å². The van der Waals surface area contributed by atoms with E-state index in [9.17, 15) is 56.2 Å². The summed E-state index contributed by atoms with van der Waals surface area (Å²) in [6.45, 7) is 1.63. The van der Waals surface area contributed by atoms with Crippen molar-refractivity contribution in [3.8, 4) is 0 Å². The van der Waals surface area contributed by atoms with Crippen molar-refractivity contribution in [1.29, 1.82) is 0 Å². The van der Waals surface area contributed by atoms with Gasteiger partial charge >= 0.3 is 0 Å². The van der Waals surface area contributed by atoms with Crippen LogP contribution in [0.2, 0.25) is 0 Å². The van der Waals surface area contributed by atoms with Gasteiger partial charge in [-0.2, -0.15) is 0 Å². The van der Waals surface area contributed by atoms with Crippen molar-refractivity contribution in [2.24, 2.45) is 11.3 Å². The Hall–Kier alpha value is -1.44. The monoisotopic (exact) mass is 1240 g/mol. The summed E-state index contributed by atoms with van der Waals surface area (Å²) in [6, 6.07) is -5.92. The lowest BCUT2D eigenvalue weighted by atomic mass is 9.72. The van der Waals surface area contributed by atoms with Gasteiger partial charge in [-0.1, -0.05) is 13.8 Å². The summed E-state index contributed by atoms with van der Waals surface area (Å²) in [5, 5.41) is 282. The minimum absolute atomic E-state index is 0.127. The van der Waals surface area contributed by atoms with Gasteiger partial charge in [0.2, 0.25) is 0 Å². The third-order valence-electron chi connectivity index (χ3n) is 16.0. The Labute approximate surface area is 485 Å². The van der Waals surface area contributed by atoms with Gasteiger partial charge in [0, 0.05) is 43.1 Å². The Morgan fingerprint density at radius 3 is 0.869 bits per heavy atom. The third-order valence-corrected chi connectivity index (χ3v) is 16.0. The molecule has 0 aromatic heterocycles. The first-order valence-electron chi connectivity index (χ1n) is 27.6. The highest BCUT2D eigenvalue weighted by atomic mass is 16.4. The lowest BCUT2D eigenvalue weighted by molar-refractivity contribution is -0.125. The number of hydrogen-bond acceptors (Lipinski definition) is 36. The summed E-state index contributed by atoms with van der Waals surface area (Å²) in [5.74, 6) is -0.382. The van der Waals surface area contributed by atoms with Crippen LogP contribution in [0.1, 0.15) is 20.3 Å². The Kier molecular flexibility index (Phi) is 38.7. The van der Waals surface area contributed by atoms with Gasteiger partial charge in [0.1, 0.15) is 24.4 Å². The first-order valence-corrected chi connectivity index (χ1v) is 27.6. The standard InChI is InChI=1S/C9H19NO4.2C7H15NO5.C7H15NO4.2C6H13NO4.C6H13NO3/c1-9(2)6(4-12)10-5(3-11)7(13)8(9)14;2*9-1-3-5(11)7(13)6(12)4(2-10)8-3;9-1-4-5(2-10)8-6(3-11)7(4)12;2*8-2-3-5(10)6(11)4(9)1-7-3;8-3-4-6(10)5(9)1-2-7-4/h5-8,10-14H,3-4H2,1-2H3;2*3-13H,1-2H2;4-12H,1-3H2;2*3-11H,1-2H2;4-10H,1-3H2/t5?,6-,7-,8-;3-,4?,5?,6+,7?;3-,4?,5?,6-,7?;4-,5+,6+,7?;3?,4?,5-,6+;3?,4?,5-,6-;4?,5-,6-/m1110100/s1. The molecule has 7 saturated heterocycles. The predicted molar refractivity (Wildman–Crippen MR) is 287 cm³/mol. The summed E-state index contributed by atoms with van der Waals surface area (Å²) in [5.41, 5.74) is -0.611. The zero-order valence-corrected chi connectivity index (χ0v) is 47.0. The average Bonchev–Trinajstić information content (AvgIpc) is 3.80. The van der Waals surface area contributed by atoms with Crippen LogP contribution in [0.15, 0.2) is 0 Å². The molecule has 36 N–H and O–H groups in total. The molecule has 0 bridgehead atoms. The normalized spacial score (nSPS) is 44.4. The average molecular weight is 1240 g/mol. The molecule has 7 rings (SSSR count). The van der Waals surface area contributed by atoms with E-state index in [1.54, 1.807) is 13.8 Å². The van der Waals surface area contributed by atoms with Crippen molar-refractivity contribution in [2.45, 2.75) is 190 Å². The first-order chi connectivity index (χ1) is 39.5. The molecule has 29 atom stereocenters. The molecule has 36 nitrogen and oxygen atoms in total. The van der Waals surface area contributed by atoms with Gasteiger partial charge in [0.15, 0.2) is 0 Å². The number of aliphatic hydroxyl groups excluding tert-OH is 29. The van der Waals surface area contributed by atoms with Crippen LogP contribution in [0.3, 0.4) is 0 Å². The number of rotatable bonds is 12. The molecule has 0 aromatic carbocycles. The zero-order valence-electron chi connectivity index (χ0n) is 47.0. The van der Waals surface area contributed by atoms with Crippen LogP contribution < -0.4 is 37.2 Å².